The van der Waals surface area contributed by atoms with Gasteiger partial charge in [-0.2, -0.15) is 0 Å². The van der Waals surface area contributed by atoms with Gasteiger partial charge in [0, 0.05) is 5.02 Å². The molecule has 0 aliphatic rings. The van der Waals surface area contributed by atoms with Crippen molar-refractivity contribution in [3.63, 3.8) is 0 Å². The van der Waals surface area contributed by atoms with Crippen LogP contribution in [0.25, 0.3) is 10.2 Å². The van der Waals surface area contributed by atoms with Crippen LogP contribution < -0.4 is 10.6 Å². The van der Waals surface area contributed by atoms with Crippen LogP contribution in [0.15, 0.2) is 60.7 Å². The van der Waals surface area contributed by atoms with Gasteiger partial charge in [0.25, 0.3) is 11.8 Å². The Hall–Kier alpha value is -2.93. The zero-order valence-electron chi connectivity index (χ0n) is 15.7. The lowest BCUT2D eigenvalue weighted by Gasteiger charge is -2.11. The molecule has 4 rings (SSSR count). The summed E-state index contributed by atoms with van der Waals surface area (Å²) in [7, 11) is 0. The first kappa shape index (κ1) is 20.3. The summed E-state index contributed by atoms with van der Waals surface area (Å²) in [5, 5.41) is 6.71. The quantitative estimate of drug-likeness (QED) is 0.373. The molecule has 0 saturated heterocycles. The average Bonchev–Trinajstić information content (AvgIpc) is 3.09. The average molecular weight is 456 g/mol. The van der Waals surface area contributed by atoms with Gasteiger partial charge in [-0.1, -0.05) is 52.7 Å². The van der Waals surface area contributed by atoms with Gasteiger partial charge < -0.3 is 5.32 Å². The van der Waals surface area contributed by atoms with Gasteiger partial charge in [0.15, 0.2) is 5.13 Å². The third-order valence-corrected chi connectivity index (χ3v) is 5.84. The standard InChI is InChI=1S/C22H15Cl2N3O2S/c1-12-6-9-18-19(10-12)30-22(26-18)27-21(29)15-4-2-3-5-17(15)25-20(28)14-8-7-13(23)11-16(14)24/h2-11H,1H3,(H,25,28)(H,26,27,29). The van der Waals surface area contributed by atoms with Gasteiger partial charge in [0.1, 0.15) is 0 Å². The summed E-state index contributed by atoms with van der Waals surface area (Å²) < 4.78 is 0.990. The number of thiazole rings is 1. The Balaban J connectivity index is 1.57. The van der Waals surface area contributed by atoms with Gasteiger partial charge in [-0.25, -0.2) is 4.98 Å². The molecule has 3 aromatic carbocycles. The van der Waals surface area contributed by atoms with Crippen LogP contribution in [-0.2, 0) is 0 Å². The van der Waals surface area contributed by atoms with Gasteiger partial charge >= 0.3 is 0 Å². The summed E-state index contributed by atoms with van der Waals surface area (Å²) in [4.78, 5) is 30.0. The normalized spacial score (nSPS) is 10.8. The van der Waals surface area contributed by atoms with Crippen LogP contribution in [0.1, 0.15) is 26.3 Å². The number of amides is 2. The molecule has 0 aliphatic heterocycles. The fourth-order valence-electron chi connectivity index (χ4n) is 2.90. The largest absolute Gasteiger partial charge is 0.321 e. The van der Waals surface area contributed by atoms with Crippen molar-refractivity contribution < 1.29 is 9.59 Å². The lowest BCUT2D eigenvalue weighted by atomic mass is 10.1. The Morgan fingerprint density at radius 1 is 0.900 bits per heavy atom. The number of para-hydroxylation sites is 1. The van der Waals surface area contributed by atoms with E-state index in [2.05, 4.69) is 15.6 Å². The van der Waals surface area contributed by atoms with Crippen molar-refractivity contribution in [3.8, 4) is 0 Å². The SMILES string of the molecule is Cc1ccc2nc(NC(=O)c3ccccc3NC(=O)c3ccc(Cl)cc3Cl)sc2c1. The molecule has 30 heavy (non-hydrogen) atoms. The van der Waals surface area contributed by atoms with Gasteiger partial charge in [-0.05, 0) is 55.0 Å². The van der Waals surface area contributed by atoms with Gasteiger partial charge in [-0.15, -0.1) is 0 Å². The Bertz CT molecular complexity index is 1290. The molecule has 1 heterocycles. The Morgan fingerprint density at radius 3 is 2.47 bits per heavy atom. The molecular formula is C22H15Cl2N3O2S. The lowest BCUT2D eigenvalue weighted by Crippen LogP contribution is -2.18. The number of nitrogens with zero attached hydrogens (tertiary/aromatic N) is 1. The van der Waals surface area contributed by atoms with E-state index in [9.17, 15) is 9.59 Å². The number of anilines is 2. The second-order valence-electron chi connectivity index (χ2n) is 6.57. The Morgan fingerprint density at radius 2 is 1.67 bits per heavy atom. The summed E-state index contributed by atoms with van der Waals surface area (Å²) in [6.45, 7) is 2.00. The number of aromatic nitrogens is 1. The highest BCUT2D eigenvalue weighted by molar-refractivity contribution is 7.22. The number of carbonyl (C=O) groups is 2. The molecule has 0 bridgehead atoms. The van der Waals surface area contributed by atoms with Crippen LogP contribution in [0, 0.1) is 6.92 Å². The fraction of sp³-hybridized carbons (Fsp3) is 0.0455. The first-order chi connectivity index (χ1) is 14.4. The molecule has 5 nitrogen and oxygen atoms in total. The van der Waals surface area contributed by atoms with E-state index in [1.54, 1.807) is 30.3 Å². The summed E-state index contributed by atoms with van der Waals surface area (Å²) in [6.07, 6.45) is 0. The third-order valence-electron chi connectivity index (χ3n) is 4.36. The molecule has 4 aromatic rings. The maximum absolute atomic E-state index is 12.9. The minimum atomic E-state index is -0.438. The molecule has 0 radical (unpaired) electrons. The number of fused-ring (bicyclic) bond motifs is 1. The minimum Gasteiger partial charge on any atom is -0.321 e. The van der Waals surface area contributed by atoms with Crippen molar-refractivity contribution >= 4 is 67.4 Å². The van der Waals surface area contributed by atoms with E-state index >= 15 is 0 Å². The van der Waals surface area contributed by atoms with Crippen molar-refractivity contribution in [2.45, 2.75) is 6.92 Å². The summed E-state index contributed by atoms with van der Waals surface area (Å²) >= 11 is 13.4. The topological polar surface area (TPSA) is 71.1 Å². The van der Waals surface area contributed by atoms with Crippen LogP contribution in [-0.4, -0.2) is 16.8 Å². The summed E-state index contributed by atoms with van der Waals surface area (Å²) in [5.74, 6) is -0.809. The number of halogens is 2. The van der Waals surface area contributed by atoms with Crippen LogP contribution in [0.2, 0.25) is 10.0 Å². The highest BCUT2D eigenvalue weighted by Crippen LogP contribution is 2.28. The molecule has 0 spiro atoms. The zero-order chi connectivity index (χ0) is 21.3. The molecule has 0 saturated carbocycles. The Labute approximate surface area is 186 Å². The van der Waals surface area contributed by atoms with Crippen LogP contribution in [0.5, 0.6) is 0 Å². The van der Waals surface area contributed by atoms with Gasteiger partial charge in [-0.3, -0.25) is 14.9 Å². The lowest BCUT2D eigenvalue weighted by molar-refractivity contribution is 0.102. The molecule has 0 fully saturated rings. The summed E-state index contributed by atoms with van der Waals surface area (Å²) in [5.41, 5.74) is 2.88. The predicted molar refractivity (Wildman–Crippen MR) is 123 cm³/mol. The van der Waals surface area contributed by atoms with E-state index in [0.717, 1.165) is 15.8 Å². The van der Waals surface area contributed by atoms with E-state index < -0.39 is 5.91 Å². The molecule has 0 atom stereocenters. The zero-order valence-corrected chi connectivity index (χ0v) is 18.0. The predicted octanol–water partition coefficient (Wildman–Crippen LogP) is 6.42. The van der Waals surface area contributed by atoms with E-state index in [1.165, 1.54) is 23.5 Å². The van der Waals surface area contributed by atoms with Crippen molar-refractivity contribution in [1.29, 1.82) is 0 Å². The molecular weight excluding hydrogens is 441 g/mol. The summed E-state index contributed by atoms with van der Waals surface area (Å²) in [6, 6.07) is 17.3. The monoisotopic (exact) mass is 455 g/mol. The number of carbonyl (C=O) groups excluding carboxylic acids is 2. The Kier molecular flexibility index (Phi) is 5.72. The highest BCUT2D eigenvalue weighted by atomic mass is 35.5. The smallest absolute Gasteiger partial charge is 0.259 e. The number of benzene rings is 3. The maximum atomic E-state index is 12.9. The number of rotatable bonds is 4. The van der Waals surface area contributed by atoms with E-state index in [4.69, 9.17) is 23.2 Å². The second kappa shape index (κ2) is 8.44. The van der Waals surface area contributed by atoms with E-state index in [0.29, 0.717) is 21.4 Å². The molecule has 0 aliphatic carbocycles. The van der Waals surface area contributed by atoms with Crippen molar-refractivity contribution in [2.75, 3.05) is 10.6 Å². The highest BCUT2D eigenvalue weighted by Gasteiger charge is 2.17. The van der Waals surface area contributed by atoms with Crippen LogP contribution in [0.3, 0.4) is 0 Å². The molecule has 1 aromatic heterocycles. The van der Waals surface area contributed by atoms with Gasteiger partial charge in [0.2, 0.25) is 0 Å². The molecule has 2 amide bonds. The molecule has 2 N–H and O–H groups in total. The molecule has 8 heteroatoms. The minimum absolute atomic E-state index is 0.228. The molecule has 0 unspecified atom stereocenters. The van der Waals surface area contributed by atoms with Gasteiger partial charge in [0.05, 0.1) is 32.1 Å². The van der Waals surface area contributed by atoms with Crippen LogP contribution in [0.4, 0.5) is 10.8 Å². The van der Waals surface area contributed by atoms with Crippen LogP contribution >= 0.6 is 34.5 Å². The third kappa shape index (κ3) is 4.31. The second-order valence-corrected chi connectivity index (χ2v) is 8.44. The van der Waals surface area contributed by atoms with E-state index in [-0.39, 0.29) is 16.5 Å². The number of hydrogen-bond acceptors (Lipinski definition) is 4. The fourth-order valence-corrected chi connectivity index (χ4v) is 4.36. The number of nitrogens with one attached hydrogen (secondary N) is 2. The number of hydrogen-bond donors (Lipinski definition) is 2. The van der Waals surface area contributed by atoms with E-state index in [1.807, 2.05) is 25.1 Å². The number of aryl methyl sites for hydroxylation is 1. The van der Waals surface area contributed by atoms with Crippen molar-refractivity contribution in [1.82, 2.24) is 4.98 Å². The first-order valence-electron chi connectivity index (χ1n) is 8.95. The first-order valence-corrected chi connectivity index (χ1v) is 10.5. The van der Waals surface area contributed by atoms with Crippen molar-refractivity contribution in [3.05, 3.63) is 87.4 Å². The maximum Gasteiger partial charge on any atom is 0.259 e. The van der Waals surface area contributed by atoms with Crippen molar-refractivity contribution in [2.24, 2.45) is 0 Å². The molecule has 150 valence electrons.